The fourth-order valence-corrected chi connectivity index (χ4v) is 5.75. The van der Waals surface area contributed by atoms with Crippen LogP contribution in [0.15, 0.2) is 47.4 Å². The van der Waals surface area contributed by atoms with Crippen LogP contribution < -0.4 is 5.32 Å². The topological polar surface area (TPSA) is 86.8 Å². The predicted molar refractivity (Wildman–Crippen MR) is 118 cm³/mol. The van der Waals surface area contributed by atoms with Crippen LogP contribution in [0.2, 0.25) is 0 Å². The van der Waals surface area contributed by atoms with Gasteiger partial charge in [-0.3, -0.25) is 9.59 Å². The molecule has 0 radical (unpaired) electrons. The van der Waals surface area contributed by atoms with Crippen molar-refractivity contribution in [1.29, 1.82) is 0 Å². The van der Waals surface area contributed by atoms with Crippen LogP contribution in [0.25, 0.3) is 0 Å². The molecule has 0 saturated carbocycles. The van der Waals surface area contributed by atoms with Crippen molar-refractivity contribution >= 4 is 27.5 Å². The molecule has 2 amide bonds. The third-order valence-electron chi connectivity index (χ3n) is 6.06. The number of benzene rings is 2. The Morgan fingerprint density at radius 2 is 1.65 bits per heavy atom. The van der Waals surface area contributed by atoms with Crippen LogP contribution in [0.4, 0.5) is 5.69 Å². The highest BCUT2D eigenvalue weighted by Crippen LogP contribution is 2.28. The zero-order chi connectivity index (χ0) is 22.0. The summed E-state index contributed by atoms with van der Waals surface area (Å²) in [6.07, 6.45) is 4.21. The first kappa shape index (κ1) is 21.5. The summed E-state index contributed by atoms with van der Waals surface area (Å²) in [5.74, 6) is -0.378. The van der Waals surface area contributed by atoms with Gasteiger partial charge in [0.05, 0.1) is 4.90 Å². The molecule has 0 bridgehead atoms. The van der Waals surface area contributed by atoms with E-state index >= 15 is 0 Å². The summed E-state index contributed by atoms with van der Waals surface area (Å²) in [5, 5.41) is 2.97. The van der Waals surface area contributed by atoms with Crippen LogP contribution in [-0.2, 0) is 27.7 Å². The van der Waals surface area contributed by atoms with Gasteiger partial charge in [-0.05, 0) is 61.1 Å². The number of carbonyl (C=O) groups is 2. The highest BCUT2D eigenvalue weighted by Gasteiger charge is 2.29. The fourth-order valence-electron chi connectivity index (χ4n) is 4.28. The average molecular weight is 442 g/mol. The molecule has 2 aliphatic rings. The van der Waals surface area contributed by atoms with Gasteiger partial charge in [0, 0.05) is 44.4 Å². The summed E-state index contributed by atoms with van der Waals surface area (Å²) in [7, 11) is -3.74. The summed E-state index contributed by atoms with van der Waals surface area (Å²) in [5.41, 5.74) is 3.55. The maximum absolute atomic E-state index is 13.1. The molecular formula is C23H27N3O4S. The summed E-state index contributed by atoms with van der Waals surface area (Å²) < 4.78 is 27.5. The van der Waals surface area contributed by atoms with Gasteiger partial charge in [-0.25, -0.2) is 8.42 Å². The Balaban J connectivity index is 1.52. The third-order valence-corrected chi connectivity index (χ3v) is 7.96. The molecular weight excluding hydrogens is 414 g/mol. The normalized spacial score (nSPS) is 17.1. The van der Waals surface area contributed by atoms with Crippen LogP contribution in [0, 0.1) is 0 Å². The summed E-state index contributed by atoms with van der Waals surface area (Å²) in [6, 6.07) is 12.1. The number of piperazine rings is 1. The SMILES string of the molecule is CC(=O)N1CCN(S(=O)(=O)c2cccc(C(=O)Nc3cccc4c3CCCC4)c2)CC1. The Hall–Kier alpha value is -2.71. The standard InChI is InChI=1S/C23H27N3O4S/c1-17(27)25-12-14-26(15-13-25)31(29,30)20-9-4-8-19(16-20)23(28)24-22-11-5-7-18-6-2-3-10-21(18)22/h4-5,7-9,11,16H,2-3,6,10,12-15H2,1H3,(H,24,28). The molecule has 31 heavy (non-hydrogen) atoms. The Labute approximate surface area is 183 Å². The second-order valence-corrected chi connectivity index (χ2v) is 9.98. The molecule has 0 spiro atoms. The number of aryl methyl sites for hydroxylation is 1. The molecule has 0 aromatic heterocycles. The van der Waals surface area contributed by atoms with Crippen LogP contribution in [0.5, 0.6) is 0 Å². The lowest BCUT2D eigenvalue weighted by atomic mass is 9.90. The molecule has 1 aliphatic heterocycles. The lowest BCUT2D eigenvalue weighted by Crippen LogP contribution is -2.49. The summed E-state index contributed by atoms with van der Waals surface area (Å²) >= 11 is 0. The van der Waals surface area contributed by atoms with E-state index in [-0.39, 0.29) is 29.8 Å². The number of amides is 2. The summed E-state index contributed by atoms with van der Waals surface area (Å²) in [6.45, 7) is 2.71. The quantitative estimate of drug-likeness (QED) is 0.790. The molecule has 1 aliphatic carbocycles. The zero-order valence-corrected chi connectivity index (χ0v) is 18.5. The molecule has 0 atom stereocenters. The number of nitrogens with zero attached hydrogens (tertiary/aromatic N) is 2. The van der Waals surface area contributed by atoms with E-state index < -0.39 is 10.0 Å². The molecule has 1 N–H and O–H groups in total. The maximum Gasteiger partial charge on any atom is 0.255 e. The molecule has 2 aromatic carbocycles. The number of hydrogen-bond acceptors (Lipinski definition) is 4. The summed E-state index contributed by atoms with van der Waals surface area (Å²) in [4.78, 5) is 26.1. The Bertz CT molecular complexity index is 1110. The molecule has 1 fully saturated rings. The van der Waals surface area contributed by atoms with E-state index in [0.29, 0.717) is 18.7 Å². The van der Waals surface area contributed by atoms with Crippen molar-refractivity contribution in [1.82, 2.24) is 9.21 Å². The molecule has 7 nitrogen and oxygen atoms in total. The minimum atomic E-state index is -3.74. The van der Waals surface area contributed by atoms with Gasteiger partial charge < -0.3 is 10.2 Å². The monoisotopic (exact) mass is 441 g/mol. The number of hydrogen-bond donors (Lipinski definition) is 1. The van der Waals surface area contributed by atoms with E-state index in [4.69, 9.17) is 0 Å². The number of carbonyl (C=O) groups excluding carboxylic acids is 2. The van der Waals surface area contributed by atoms with Crippen LogP contribution >= 0.6 is 0 Å². The highest BCUT2D eigenvalue weighted by atomic mass is 32.2. The zero-order valence-electron chi connectivity index (χ0n) is 17.6. The van der Waals surface area contributed by atoms with E-state index in [2.05, 4.69) is 11.4 Å². The molecule has 1 saturated heterocycles. The predicted octanol–water partition coefficient (Wildman–Crippen LogP) is 2.67. The lowest BCUT2D eigenvalue weighted by molar-refractivity contribution is -0.129. The molecule has 2 aromatic rings. The van der Waals surface area contributed by atoms with Gasteiger partial charge in [-0.15, -0.1) is 0 Å². The fraction of sp³-hybridized carbons (Fsp3) is 0.391. The van der Waals surface area contributed by atoms with E-state index in [1.807, 2.05) is 12.1 Å². The molecule has 8 heteroatoms. The first-order valence-corrected chi connectivity index (χ1v) is 12.1. The Morgan fingerprint density at radius 1 is 0.935 bits per heavy atom. The highest BCUT2D eigenvalue weighted by molar-refractivity contribution is 7.89. The van der Waals surface area contributed by atoms with Crippen molar-refractivity contribution in [2.75, 3.05) is 31.5 Å². The van der Waals surface area contributed by atoms with Crippen LogP contribution in [-0.4, -0.2) is 55.6 Å². The van der Waals surface area contributed by atoms with Crippen molar-refractivity contribution in [3.63, 3.8) is 0 Å². The van der Waals surface area contributed by atoms with Crippen molar-refractivity contribution in [2.45, 2.75) is 37.5 Å². The van der Waals surface area contributed by atoms with Crippen molar-refractivity contribution in [2.24, 2.45) is 0 Å². The number of rotatable bonds is 4. The first-order chi connectivity index (χ1) is 14.9. The molecule has 4 rings (SSSR count). The largest absolute Gasteiger partial charge is 0.340 e. The minimum Gasteiger partial charge on any atom is -0.340 e. The van der Waals surface area contributed by atoms with Gasteiger partial charge in [0.25, 0.3) is 5.91 Å². The number of sulfonamides is 1. The van der Waals surface area contributed by atoms with Gasteiger partial charge in [0.15, 0.2) is 0 Å². The lowest BCUT2D eigenvalue weighted by Gasteiger charge is -2.33. The molecule has 0 unspecified atom stereocenters. The van der Waals surface area contributed by atoms with E-state index in [1.54, 1.807) is 17.0 Å². The minimum absolute atomic E-state index is 0.0567. The molecule has 164 valence electrons. The van der Waals surface area contributed by atoms with Crippen molar-refractivity contribution in [3.8, 4) is 0 Å². The third kappa shape index (κ3) is 4.50. The van der Waals surface area contributed by atoms with Crippen molar-refractivity contribution < 1.29 is 18.0 Å². The molecule has 1 heterocycles. The van der Waals surface area contributed by atoms with Crippen molar-refractivity contribution in [3.05, 3.63) is 59.2 Å². The van der Waals surface area contributed by atoms with Crippen LogP contribution in [0.3, 0.4) is 0 Å². The second kappa shape index (κ2) is 8.80. The number of nitrogens with one attached hydrogen (secondary N) is 1. The maximum atomic E-state index is 13.1. The van der Waals surface area contributed by atoms with E-state index in [0.717, 1.165) is 31.4 Å². The van der Waals surface area contributed by atoms with Crippen LogP contribution in [0.1, 0.15) is 41.3 Å². The number of fused-ring (bicyclic) bond motifs is 1. The Kier molecular flexibility index (Phi) is 6.11. The number of anilines is 1. The average Bonchev–Trinajstić information content (AvgIpc) is 2.79. The van der Waals surface area contributed by atoms with Gasteiger partial charge in [-0.1, -0.05) is 18.2 Å². The van der Waals surface area contributed by atoms with E-state index in [1.165, 1.54) is 34.5 Å². The van der Waals surface area contributed by atoms with Gasteiger partial charge in [0.2, 0.25) is 15.9 Å². The Morgan fingerprint density at radius 3 is 2.39 bits per heavy atom. The van der Waals surface area contributed by atoms with Gasteiger partial charge >= 0.3 is 0 Å². The smallest absolute Gasteiger partial charge is 0.255 e. The van der Waals surface area contributed by atoms with Gasteiger partial charge in [-0.2, -0.15) is 4.31 Å². The van der Waals surface area contributed by atoms with Gasteiger partial charge in [0.1, 0.15) is 0 Å². The first-order valence-electron chi connectivity index (χ1n) is 10.6. The van der Waals surface area contributed by atoms with E-state index in [9.17, 15) is 18.0 Å². The second-order valence-electron chi connectivity index (χ2n) is 8.04.